The van der Waals surface area contributed by atoms with Gasteiger partial charge in [-0.25, -0.2) is 9.97 Å². The second-order valence-electron chi connectivity index (χ2n) is 9.73. The molecule has 43 heavy (non-hydrogen) atoms. The van der Waals surface area contributed by atoms with E-state index in [2.05, 4.69) is 25.3 Å². The van der Waals surface area contributed by atoms with E-state index in [1.165, 1.54) is 0 Å². The molecule has 2 aliphatic heterocycles. The van der Waals surface area contributed by atoms with Crippen LogP contribution in [-0.2, 0) is 16.1 Å². The van der Waals surface area contributed by atoms with Crippen LogP contribution in [0.15, 0.2) is 30.5 Å². The highest BCUT2D eigenvalue weighted by atomic mass is 32.2. The van der Waals surface area contributed by atoms with Crippen LogP contribution in [-0.4, -0.2) is 95.6 Å². The molecule has 0 saturated carbocycles. The van der Waals surface area contributed by atoms with E-state index in [0.29, 0.717) is 41.5 Å². The number of anilines is 3. The molecule has 1 atom stereocenters. The first-order chi connectivity index (χ1) is 20.6. The Morgan fingerprint density at radius 1 is 1.00 bits per heavy atom. The average molecular weight is 625 g/mol. The van der Waals surface area contributed by atoms with E-state index in [4.69, 9.17) is 11.5 Å². The predicted molar refractivity (Wildman–Crippen MR) is 162 cm³/mol. The first-order valence-electron chi connectivity index (χ1n) is 13.2. The van der Waals surface area contributed by atoms with Crippen molar-refractivity contribution in [1.29, 1.82) is 0 Å². The highest BCUT2D eigenvalue weighted by Crippen LogP contribution is 2.23. The van der Waals surface area contributed by atoms with Crippen LogP contribution >= 0.6 is 23.5 Å². The van der Waals surface area contributed by atoms with Crippen LogP contribution in [0, 0.1) is 0 Å². The van der Waals surface area contributed by atoms with Gasteiger partial charge in [-0.3, -0.25) is 33.8 Å². The van der Waals surface area contributed by atoms with Gasteiger partial charge in [-0.05, 0) is 30.7 Å². The number of benzene rings is 1. The number of fused-ring (bicyclic) bond motifs is 1. The Morgan fingerprint density at radius 2 is 1.67 bits per heavy atom. The number of hydrogen-bond donors (Lipinski definition) is 3. The van der Waals surface area contributed by atoms with Gasteiger partial charge < -0.3 is 21.7 Å². The third kappa shape index (κ3) is 6.77. The van der Waals surface area contributed by atoms with Crippen molar-refractivity contribution in [3.8, 4) is 0 Å². The standard InChI is InChI=1S/C26H28N10O5S2/c1-34(13-15-12-29-21-19(30-15)20(27)32-24(28)33-21)16-4-2-14(3-5-16)22(38)31-17(23(39)36-9-11-43-26(36)41)6-7-18(37)35-8-10-42-25(35)40/h2-5,12,17H,6-11,13H2,1H3,(H,31,38)(H4,27,28,29,32,33). The molecule has 0 aliphatic carbocycles. The molecule has 5 N–H and O–H groups in total. The van der Waals surface area contributed by atoms with E-state index in [9.17, 15) is 24.0 Å². The summed E-state index contributed by atoms with van der Waals surface area (Å²) in [4.78, 5) is 83.9. The Bertz CT molecular complexity index is 1610. The number of imide groups is 2. The van der Waals surface area contributed by atoms with Crippen LogP contribution < -0.4 is 21.7 Å². The summed E-state index contributed by atoms with van der Waals surface area (Å²) in [7, 11) is 1.84. The van der Waals surface area contributed by atoms with Crippen molar-refractivity contribution in [3.05, 3.63) is 41.7 Å². The maximum absolute atomic E-state index is 13.2. The van der Waals surface area contributed by atoms with Crippen LogP contribution in [0.3, 0.4) is 0 Å². The van der Waals surface area contributed by atoms with E-state index in [1.54, 1.807) is 30.5 Å². The van der Waals surface area contributed by atoms with Crippen molar-refractivity contribution < 1.29 is 24.0 Å². The Kier molecular flexibility index (Phi) is 8.91. The van der Waals surface area contributed by atoms with Gasteiger partial charge in [0.25, 0.3) is 22.3 Å². The zero-order chi connectivity index (χ0) is 30.7. The lowest BCUT2D eigenvalue weighted by molar-refractivity contribution is -0.130. The molecule has 4 heterocycles. The fourth-order valence-corrected chi connectivity index (χ4v) is 6.15. The largest absolute Gasteiger partial charge is 0.382 e. The van der Waals surface area contributed by atoms with Crippen LogP contribution in [0.25, 0.3) is 11.2 Å². The number of nitrogens with two attached hydrogens (primary N) is 2. The lowest BCUT2D eigenvalue weighted by Gasteiger charge is -2.23. The number of amides is 5. The molecule has 0 bridgehead atoms. The molecule has 2 saturated heterocycles. The lowest BCUT2D eigenvalue weighted by Crippen LogP contribution is -2.49. The SMILES string of the molecule is CN(Cc1cnc2nc(N)nc(N)c2n1)c1ccc(C(=O)NC(CCC(=O)N2CCSC2=O)C(=O)N2CCSC2=O)cc1. The van der Waals surface area contributed by atoms with Gasteiger partial charge in [0.05, 0.1) is 18.4 Å². The summed E-state index contributed by atoms with van der Waals surface area (Å²) in [6.07, 6.45) is 1.38. The number of thioether (sulfide) groups is 2. The third-order valence-corrected chi connectivity index (χ3v) is 8.52. The highest BCUT2D eigenvalue weighted by Gasteiger charge is 2.35. The number of hydrogen-bond acceptors (Lipinski definition) is 14. The normalized spacial score (nSPS) is 15.7. The maximum atomic E-state index is 13.2. The van der Waals surface area contributed by atoms with Crippen LogP contribution in [0.2, 0.25) is 0 Å². The highest BCUT2D eigenvalue weighted by molar-refractivity contribution is 8.14. The van der Waals surface area contributed by atoms with Gasteiger partial charge in [-0.1, -0.05) is 23.5 Å². The molecular weight excluding hydrogens is 596 g/mol. The van der Waals surface area contributed by atoms with Gasteiger partial charge in [0.1, 0.15) is 6.04 Å². The van der Waals surface area contributed by atoms with Crippen molar-refractivity contribution in [3.63, 3.8) is 0 Å². The summed E-state index contributed by atoms with van der Waals surface area (Å²) in [6, 6.07) is 5.56. The number of carbonyl (C=O) groups excluding carboxylic acids is 5. The molecular formula is C26H28N10O5S2. The molecule has 1 aromatic carbocycles. The van der Waals surface area contributed by atoms with Gasteiger partial charge in [-0.2, -0.15) is 9.97 Å². The Morgan fingerprint density at radius 3 is 2.33 bits per heavy atom. The Balaban J connectivity index is 1.25. The molecule has 15 nitrogen and oxygen atoms in total. The fourth-order valence-electron chi connectivity index (χ4n) is 4.56. The van der Waals surface area contributed by atoms with Crippen LogP contribution in [0.4, 0.5) is 27.0 Å². The van der Waals surface area contributed by atoms with Gasteiger partial charge in [0.15, 0.2) is 17.0 Å². The molecule has 2 fully saturated rings. The monoisotopic (exact) mass is 624 g/mol. The summed E-state index contributed by atoms with van der Waals surface area (Å²) < 4.78 is 0. The topological polar surface area (TPSA) is 211 Å². The van der Waals surface area contributed by atoms with Gasteiger partial charge in [-0.15, -0.1) is 0 Å². The first-order valence-corrected chi connectivity index (χ1v) is 15.2. The van der Waals surface area contributed by atoms with E-state index >= 15 is 0 Å². The number of rotatable bonds is 9. The van der Waals surface area contributed by atoms with E-state index < -0.39 is 29.0 Å². The summed E-state index contributed by atoms with van der Waals surface area (Å²) >= 11 is 2.08. The zero-order valence-corrected chi connectivity index (χ0v) is 24.7. The minimum atomic E-state index is -1.12. The summed E-state index contributed by atoms with van der Waals surface area (Å²) in [5, 5.41) is 1.96. The minimum Gasteiger partial charge on any atom is -0.382 e. The molecule has 5 amide bonds. The number of nitrogen functional groups attached to an aromatic ring is 2. The molecule has 17 heteroatoms. The van der Waals surface area contributed by atoms with E-state index in [0.717, 1.165) is 39.0 Å². The third-order valence-electron chi connectivity index (χ3n) is 6.81. The van der Waals surface area contributed by atoms with Crippen molar-refractivity contribution in [1.82, 2.24) is 35.1 Å². The predicted octanol–water partition coefficient (Wildman–Crippen LogP) is 1.49. The Hall–Kier alpha value is -4.51. The molecule has 224 valence electrons. The van der Waals surface area contributed by atoms with Crippen LogP contribution in [0.1, 0.15) is 28.9 Å². The second-order valence-corrected chi connectivity index (χ2v) is 11.8. The summed E-state index contributed by atoms with van der Waals surface area (Å²) in [5.41, 5.74) is 13.8. The molecule has 2 aliphatic rings. The molecule has 1 unspecified atom stereocenters. The number of carbonyl (C=O) groups is 5. The lowest BCUT2D eigenvalue weighted by atomic mass is 10.1. The first kappa shape index (κ1) is 30.0. The molecule has 3 aromatic rings. The molecule has 0 radical (unpaired) electrons. The van der Waals surface area contributed by atoms with Crippen molar-refractivity contribution in [2.45, 2.75) is 25.4 Å². The summed E-state index contributed by atoms with van der Waals surface area (Å²) in [5.74, 6) is -0.428. The molecule has 0 spiro atoms. The smallest absolute Gasteiger partial charge is 0.288 e. The molecule has 2 aromatic heterocycles. The zero-order valence-electron chi connectivity index (χ0n) is 23.1. The number of aromatic nitrogens is 4. The number of nitrogens with zero attached hydrogens (tertiary/aromatic N) is 7. The summed E-state index contributed by atoms with van der Waals surface area (Å²) in [6.45, 7) is 0.892. The second kappa shape index (κ2) is 12.8. The van der Waals surface area contributed by atoms with Crippen LogP contribution in [0.5, 0.6) is 0 Å². The molecule has 5 rings (SSSR count). The maximum Gasteiger partial charge on any atom is 0.288 e. The Labute approximate surface area is 254 Å². The van der Waals surface area contributed by atoms with Crippen molar-refractivity contribution in [2.24, 2.45) is 0 Å². The van der Waals surface area contributed by atoms with E-state index in [-0.39, 0.29) is 42.0 Å². The van der Waals surface area contributed by atoms with Gasteiger partial charge >= 0.3 is 0 Å². The number of nitrogens with one attached hydrogen (secondary N) is 1. The van der Waals surface area contributed by atoms with Gasteiger partial charge in [0, 0.05) is 49.3 Å². The van der Waals surface area contributed by atoms with Gasteiger partial charge in [0.2, 0.25) is 11.9 Å². The minimum absolute atomic E-state index is 0.0127. The van der Waals surface area contributed by atoms with Crippen molar-refractivity contribution >= 4 is 80.3 Å². The van der Waals surface area contributed by atoms with Crippen molar-refractivity contribution in [2.75, 3.05) is 48.0 Å². The van der Waals surface area contributed by atoms with E-state index in [1.807, 2.05) is 11.9 Å². The fraction of sp³-hybridized carbons (Fsp3) is 0.346. The quantitative estimate of drug-likeness (QED) is 0.308. The average Bonchev–Trinajstić information content (AvgIpc) is 3.62.